The highest BCUT2D eigenvalue weighted by atomic mass is 16.2. The lowest BCUT2D eigenvalue weighted by Crippen LogP contribution is -2.44. The Balaban J connectivity index is 1.70. The van der Waals surface area contributed by atoms with E-state index in [0.29, 0.717) is 11.7 Å². The predicted molar refractivity (Wildman–Crippen MR) is 74.4 cm³/mol. The summed E-state index contributed by atoms with van der Waals surface area (Å²) < 4.78 is 0. The topological polar surface area (TPSA) is 48.5 Å². The van der Waals surface area contributed by atoms with Crippen molar-refractivity contribution in [3.8, 4) is 0 Å². The second-order valence-corrected chi connectivity index (χ2v) is 5.44. The highest BCUT2D eigenvalue weighted by molar-refractivity contribution is 5.93. The van der Waals surface area contributed by atoms with E-state index >= 15 is 0 Å². The average Bonchev–Trinajstić information content (AvgIpc) is 3.24. The molecule has 102 valence electrons. The number of hydrogen-bond donors (Lipinski definition) is 1. The van der Waals surface area contributed by atoms with Crippen molar-refractivity contribution >= 4 is 11.6 Å². The zero-order chi connectivity index (χ0) is 13.2. The lowest BCUT2D eigenvalue weighted by Gasteiger charge is -2.34. The molecule has 0 spiro atoms. The van der Waals surface area contributed by atoms with Crippen LogP contribution in [0.1, 0.15) is 23.3 Å². The van der Waals surface area contributed by atoms with Crippen molar-refractivity contribution in [2.45, 2.75) is 18.9 Å². The summed E-state index contributed by atoms with van der Waals surface area (Å²) in [6.45, 7) is 4.13. The summed E-state index contributed by atoms with van der Waals surface area (Å²) >= 11 is 0. The van der Waals surface area contributed by atoms with Crippen LogP contribution in [-0.4, -0.2) is 55.1 Å². The van der Waals surface area contributed by atoms with Gasteiger partial charge in [0, 0.05) is 44.1 Å². The first-order valence-corrected chi connectivity index (χ1v) is 6.93. The number of piperazine rings is 1. The molecule has 1 aliphatic carbocycles. The van der Waals surface area contributed by atoms with Crippen LogP contribution in [0.25, 0.3) is 0 Å². The first kappa shape index (κ1) is 12.4. The van der Waals surface area contributed by atoms with Gasteiger partial charge in [-0.3, -0.25) is 9.78 Å². The number of anilines is 1. The summed E-state index contributed by atoms with van der Waals surface area (Å²) in [7, 11) is 2.14. The summed E-state index contributed by atoms with van der Waals surface area (Å²) in [4.78, 5) is 20.8. The SMILES string of the molecule is CN1CCN(c2ccnc(C(=O)NC3CC3)c2)CC1. The van der Waals surface area contributed by atoms with Crippen LogP contribution in [0.15, 0.2) is 18.3 Å². The van der Waals surface area contributed by atoms with Crippen molar-refractivity contribution in [2.24, 2.45) is 0 Å². The number of nitrogens with one attached hydrogen (secondary N) is 1. The van der Waals surface area contributed by atoms with E-state index in [1.807, 2.05) is 12.1 Å². The molecule has 19 heavy (non-hydrogen) atoms. The Morgan fingerprint density at radius 3 is 2.74 bits per heavy atom. The monoisotopic (exact) mass is 260 g/mol. The minimum absolute atomic E-state index is 0.0431. The summed E-state index contributed by atoms with van der Waals surface area (Å²) in [6.07, 6.45) is 3.93. The lowest BCUT2D eigenvalue weighted by atomic mass is 10.2. The second-order valence-electron chi connectivity index (χ2n) is 5.44. The Labute approximate surface area is 113 Å². The van der Waals surface area contributed by atoms with E-state index < -0.39 is 0 Å². The molecule has 2 aliphatic rings. The fourth-order valence-corrected chi connectivity index (χ4v) is 2.29. The van der Waals surface area contributed by atoms with Gasteiger partial charge >= 0.3 is 0 Å². The van der Waals surface area contributed by atoms with E-state index in [1.165, 1.54) is 0 Å². The quantitative estimate of drug-likeness (QED) is 0.870. The van der Waals surface area contributed by atoms with Crippen molar-refractivity contribution in [1.29, 1.82) is 0 Å². The number of aromatic nitrogens is 1. The van der Waals surface area contributed by atoms with Crippen LogP contribution in [0.4, 0.5) is 5.69 Å². The molecular formula is C14H20N4O. The van der Waals surface area contributed by atoms with E-state index in [2.05, 4.69) is 27.1 Å². The third-order valence-corrected chi connectivity index (χ3v) is 3.76. The molecule has 1 aromatic rings. The first-order chi connectivity index (χ1) is 9.22. The number of hydrogen-bond acceptors (Lipinski definition) is 4. The third-order valence-electron chi connectivity index (χ3n) is 3.76. The highest BCUT2D eigenvalue weighted by Crippen LogP contribution is 2.20. The maximum atomic E-state index is 12.0. The number of nitrogens with zero attached hydrogens (tertiary/aromatic N) is 3. The van der Waals surface area contributed by atoms with Gasteiger partial charge in [0.1, 0.15) is 5.69 Å². The van der Waals surface area contributed by atoms with Gasteiger partial charge < -0.3 is 15.1 Å². The van der Waals surface area contributed by atoms with Crippen molar-refractivity contribution in [2.75, 3.05) is 38.1 Å². The molecule has 2 heterocycles. The number of carbonyl (C=O) groups is 1. The van der Waals surface area contributed by atoms with Crippen LogP contribution in [0.5, 0.6) is 0 Å². The standard InChI is InChI=1S/C14H20N4O/c1-17-6-8-18(9-7-17)12-4-5-15-13(10-12)14(19)16-11-2-3-11/h4-5,10-11H,2-3,6-9H2,1H3,(H,16,19). The molecule has 0 aromatic carbocycles. The average molecular weight is 260 g/mol. The van der Waals surface area contributed by atoms with Gasteiger partial charge in [0.05, 0.1) is 0 Å². The zero-order valence-electron chi connectivity index (χ0n) is 11.3. The van der Waals surface area contributed by atoms with Crippen LogP contribution < -0.4 is 10.2 Å². The van der Waals surface area contributed by atoms with Gasteiger partial charge in [0.2, 0.25) is 0 Å². The van der Waals surface area contributed by atoms with Crippen LogP contribution in [0, 0.1) is 0 Å². The van der Waals surface area contributed by atoms with Crippen molar-refractivity contribution in [3.63, 3.8) is 0 Å². The van der Waals surface area contributed by atoms with Gasteiger partial charge in [-0.1, -0.05) is 0 Å². The Kier molecular flexibility index (Phi) is 3.38. The van der Waals surface area contributed by atoms with Gasteiger partial charge in [-0.25, -0.2) is 0 Å². The maximum Gasteiger partial charge on any atom is 0.270 e. The van der Waals surface area contributed by atoms with Crippen molar-refractivity contribution < 1.29 is 4.79 Å². The number of likely N-dealkylation sites (N-methyl/N-ethyl adjacent to an activating group) is 1. The zero-order valence-corrected chi connectivity index (χ0v) is 11.3. The fraction of sp³-hybridized carbons (Fsp3) is 0.571. The van der Waals surface area contributed by atoms with Gasteiger partial charge in [0.25, 0.3) is 5.91 Å². The van der Waals surface area contributed by atoms with Gasteiger partial charge in [-0.15, -0.1) is 0 Å². The molecule has 1 aromatic heterocycles. The highest BCUT2D eigenvalue weighted by Gasteiger charge is 2.24. The Hall–Kier alpha value is -1.62. The molecule has 1 saturated carbocycles. The number of rotatable bonds is 3. The largest absolute Gasteiger partial charge is 0.369 e. The molecule has 1 saturated heterocycles. The van der Waals surface area contributed by atoms with E-state index in [9.17, 15) is 4.79 Å². The normalized spacial score (nSPS) is 20.4. The van der Waals surface area contributed by atoms with E-state index in [-0.39, 0.29) is 5.91 Å². The van der Waals surface area contributed by atoms with Crippen LogP contribution in [0.3, 0.4) is 0 Å². The first-order valence-electron chi connectivity index (χ1n) is 6.93. The molecule has 1 aliphatic heterocycles. The van der Waals surface area contributed by atoms with Gasteiger partial charge in [0.15, 0.2) is 0 Å². The molecule has 3 rings (SSSR count). The lowest BCUT2D eigenvalue weighted by molar-refractivity contribution is 0.0946. The molecule has 0 unspecified atom stereocenters. The molecule has 0 radical (unpaired) electrons. The van der Waals surface area contributed by atoms with E-state index in [1.54, 1.807) is 6.20 Å². The van der Waals surface area contributed by atoms with Crippen LogP contribution >= 0.6 is 0 Å². The molecule has 1 amide bonds. The summed E-state index contributed by atoms with van der Waals surface area (Å²) in [6, 6.07) is 4.27. The molecule has 5 nitrogen and oxygen atoms in total. The predicted octanol–water partition coefficient (Wildman–Crippen LogP) is 0.726. The molecule has 1 N–H and O–H groups in total. The second kappa shape index (κ2) is 5.17. The Morgan fingerprint density at radius 2 is 2.05 bits per heavy atom. The summed E-state index contributed by atoms with van der Waals surface area (Å²) in [5.41, 5.74) is 1.63. The van der Waals surface area contributed by atoms with E-state index in [0.717, 1.165) is 44.7 Å². The summed E-state index contributed by atoms with van der Waals surface area (Å²) in [5.74, 6) is -0.0431. The minimum atomic E-state index is -0.0431. The smallest absolute Gasteiger partial charge is 0.270 e. The van der Waals surface area contributed by atoms with Crippen molar-refractivity contribution in [1.82, 2.24) is 15.2 Å². The summed E-state index contributed by atoms with van der Waals surface area (Å²) in [5, 5.41) is 2.98. The molecule has 0 bridgehead atoms. The third kappa shape index (κ3) is 3.04. The molecular weight excluding hydrogens is 240 g/mol. The van der Waals surface area contributed by atoms with E-state index in [4.69, 9.17) is 0 Å². The molecule has 5 heteroatoms. The van der Waals surface area contributed by atoms with Gasteiger partial charge in [-0.2, -0.15) is 0 Å². The molecule has 0 atom stereocenters. The number of pyridine rings is 1. The Morgan fingerprint density at radius 1 is 1.32 bits per heavy atom. The Bertz CT molecular complexity index is 464. The van der Waals surface area contributed by atoms with Crippen LogP contribution in [0.2, 0.25) is 0 Å². The van der Waals surface area contributed by atoms with Crippen molar-refractivity contribution in [3.05, 3.63) is 24.0 Å². The number of amides is 1. The number of carbonyl (C=O) groups excluding carboxylic acids is 1. The fourth-order valence-electron chi connectivity index (χ4n) is 2.29. The van der Waals surface area contributed by atoms with Gasteiger partial charge in [-0.05, 0) is 32.0 Å². The minimum Gasteiger partial charge on any atom is -0.369 e. The maximum absolute atomic E-state index is 12.0. The van der Waals surface area contributed by atoms with Crippen LogP contribution in [-0.2, 0) is 0 Å². The molecule has 2 fully saturated rings.